The lowest BCUT2D eigenvalue weighted by Gasteiger charge is -2.12. The molecule has 0 aliphatic rings. The summed E-state index contributed by atoms with van der Waals surface area (Å²) in [6, 6.07) is 31.9. The van der Waals surface area contributed by atoms with Crippen LogP contribution in [0.4, 0.5) is 22.7 Å². The number of allylic oxidation sites excluding steroid dienone is 2. The highest BCUT2D eigenvalue weighted by molar-refractivity contribution is 6.31. The zero-order valence-corrected chi connectivity index (χ0v) is 25.3. The number of halogens is 2. The quantitative estimate of drug-likeness (QED) is 0.175. The lowest BCUT2D eigenvalue weighted by molar-refractivity contribution is 1.13. The van der Waals surface area contributed by atoms with E-state index in [1.165, 1.54) is 0 Å². The highest BCUT2D eigenvalue weighted by Crippen LogP contribution is 2.21. The van der Waals surface area contributed by atoms with Crippen LogP contribution in [0.3, 0.4) is 0 Å². The van der Waals surface area contributed by atoms with E-state index in [9.17, 15) is 0 Å². The molecular formula is C35H34Cl2N4. The van der Waals surface area contributed by atoms with Crippen molar-refractivity contribution in [2.45, 2.75) is 6.42 Å². The highest BCUT2D eigenvalue weighted by atomic mass is 35.5. The van der Waals surface area contributed by atoms with E-state index in [0.29, 0.717) is 16.5 Å². The highest BCUT2D eigenvalue weighted by Gasteiger charge is 2.05. The van der Waals surface area contributed by atoms with Gasteiger partial charge in [-0.15, -0.1) is 0 Å². The Morgan fingerprint density at radius 1 is 0.537 bits per heavy atom. The van der Waals surface area contributed by atoms with E-state index in [0.717, 1.165) is 45.3 Å². The minimum atomic E-state index is 0.518. The number of nitrogens with zero attached hydrogens (tertiary/aromatic N) is 4. The largest absolute Gasteiger partial charge is 0.378 e. The molecule has 0 unspecified atom stereocenters. The Morgan fingerprint density at radius 3 is 1.20 bits per heavy atom. The summed E-state index contributed by atoms with van der Waals surface area (Å²) in [5.74, 6) is 0. The van der Waals surface area contributed by atoms with Crippen molar-refractivity contribution < 1.29 is 0 Å². The summed E-state index contributed by atoms with van der Waals surface area (Å²) in [6.45, 7) is 0. The molecule has 0 bridgehead atoms. The van der Waals surface area contributed by atoms with Crippen molar-refractivity contribution in [2.75, 3.05) is 38.0 Å². The van der Waals surface area contributed by atoms with Gasteiger partial charge in [-0.05, 0) is 96.1 Å². The second kappa shape index (κ2) is 14.5. The van der Waals surface area contributed by atoms with Gasteiger partial charge in [-0.2, -0.15) is 0 Å². The standard InChI is InChI=1S/C35H34Cl2N4/c1-40(2)34-21-7-26(8-22-34)5-15-32(38-30-17-11-28(36)12-18-30)25-33(39-31-19-13-29(37)14-20-31)16-6-27-9-23-35(24-10-27)41(3)4/h5-24H,25H2,1-4H3. The van der Waals surface area contributed by atoms with Gasteiger partial charge in [0.15, 0.2) is 0 Å². The van der Waals surface area contributed by atoms with Crippen LogP contribution in [0.5, 0.6) is 0 Å². The van der Waals surface area contributed by atoms with Crippen LogP contribution in [-0.4, -0.2) is 39.6 Å². The average Bonchev–Trinajstić information content (AvgIpc) is 2.97. The second-order valence-electron chi connectivity index (χ2n) is 9.97. The fraction of sp³-hybridized carbons (Fsp3) is 0.143. The normalized spacial score (nSPS) is 12.3. The van der Waals surface area contributed by atoms with Crippen molar-refractivity contribution in [3.8, 4) is 0 Å². The maximum Gasteiger partial charge on any atom is 0.0634 e. The van der Waals surface area contributed by atoms with Crippen LogP contribution in [0.1, 0.15) is 17.5 Å². The fourth-order valence-electron chi connectivity index (χ4n) is 3.97. The summed E-state index contributed by atoms with van der Waals surface area (Å²) in [6.07, 6.45) is 8.78. The molecule has 0 amide bonds. The van der Waals surface area contributed by atoms with Crippen molar-refractivity contribution in [3.63, 3.8) is 0 Å². The van der Waals surface area contributed by atoms with E-state index in [1.807, 2.05) is 76.7 Å². The van der Waals surface area contributed by atoms with E-state index in [4.69, 9.17) is 33.2 Å². The molecule has 0 saturated carbocycles. The lowest BCUT2D eigenvalue weighted by Crippen LogP contribution is -2.08. The Labute approximate surface area is 253 Å². The van der Waals surface area contributed by atoms with Crippen LogP contribution < -0.4 is 9.80 Å². The van der Waals surface area contributed by atoms with E-state index >= 15 is 0 Å². The Kier molecular flexibility index (Phi) is 10.6. The average molecular weight is 582 g/mol. The Bertz CT molecular complexity index is 1410. The predicted octanol–water partition coefficient (Wildman–Crippen LogP) is 9.79. The molecule has 0 N–H and O–H groups in total. The molecule has 0 aromatic heterocycles. The van der Waals surface area contributed by atoms with E-state index in [-0.39, 0.29) is 0 Å². The molecule has 4 rings (SSSR count). The first-order chi connectivity index (χ1) is 19.7. The monoisotopic (exact) mass is 580 g/mol. The number of aliphatic imine (C=N–C) groups is 2. The third-order valence-corrected chi connectivity index (χ3v) is 6.82. The molecule has 0 aliphatic carbocycles. The minimum Gasteiger partial charge on any atom is -0.378 e. The van der Waals surface area contributed by atoms with Gasteiger partial charge >= 0.3 is 0 Å². The van der Waals surface area contributed by atoms with Crippen LogP contribution in [0, 0.1) is 0 Å². The van der Waals surface area contributed by atoms with Gasteiger partial charge in [-0.25, -0.2) is 0 Å². The number of benzene rings is 4. The third-order valence-electron chi connectivity index (χ3n) is 6.32. The number of hydrogen-bond acceptors (Lipinski definition) is 4. The van der Waals surface area contributed by atoms with Crippen molar-refractivity contribution in [1.82, 2.24) is 0 Å². The molecule has 0 aliphatic heterocycles. The van der Waals surface area contributed by atoms with Gasteiger partial charge in [0.1, 0.15) is 0 Å². The summed E-state index contributed by atoms with van der Waals surface area (Å²) in [5.41, 5.74) is 7.86. The topological polar surface area (TPSA) is 31.2 Å². The Balaban J connectivity index is 1.69. The summed E-state index contributed by atoms with van der Waals surface area (Å²) in [7, 11) is 8.14. The van der Waals surface area contributed by atoms with Gasteiger partial charge < -0.3 is 9.80 Å². The van der Waals surface area contributed by atoms with Crippen LogP contribution in [0.25, 0.3) is 12.2 Å². The Morgan fingerprint density at radius 2 is 0.878 bits per heavy atom. The SMILES string of the molecule is CN(C)c1ccc(C=CC(CC(C=Cc2ccc(N(C)C)cc2)=Nc2ccc(Cl)cc2)=Nc2ccc(Cl)cc2)cc1. The summed E-state index contributed by atoms with van der Waals surface area (Å²) >= 11 is 12.3. The van der Waals surface area contributed by atoms with Gasteiger partial charge in [-0.3, -0.25) is 9.98 Å². The van der Waals surface area contributed by atoms with Crippen LogP contribution in [0.15, 0.2) is 119 Å². The molecule has 208 valence electrons. The molecule has 0 saturated heterocycles. The zero-order chi connectivity index (χ0) is 29.2. The zero-order valence-electron chi connectivity index (χ0n) is 23.8. The Hall–Kier alpha value is -4.12. The third kappa shape index (κ3) is 9.49. The molecule has 4 aromatic carbocycles. The van der Waals surface area contributed by atoms with E-state index in [1.54, 1.807) is 0 Å². The molecular weight excluding hydrogens is 547 g/mol. The van der Waals surface area contributed by atoms with Crippen LogP contribution in [-0.2, 0) is 0 Å². The van der Waals surface area contributed by atoms with E-state index < -0.39 is 0 Å². The molecule has 6 heteroatoms. The molecule has 0 spiro atoms. The van der Waals surface area contributed by atoms with Gasteiger partial charge in [0, 0.05) is 67.5 Å². The van der Waals surface area contributed by atoms with Gasteiger partial charge in [0.2, 0.25) is 0 Å². The second-order valence-corrected chi connectivity index (χ2v) is 10.8. The number of hydrogen-bond donors (Lipinski definition) is 0. The molecule has 0 atom stereocenters. The smallest absolute Gasteiger partial charge is 0.0634 e. The first kappa shape index (κ1) is 29.9. The maximum absolute atomic E-state index is 6.13. The predicted molar refractivity (Wildman–Crippen MR) is 181 cm³/mol. The van der Waals surface area contributed by atoms with Crippen LogP contribution in [0.2, 0.25) is 10.0 Å². The van der Waals surface area contributed by atoms with Gasteiger partial charge in [0.05, 0.1) is 11.4 Å². The maximum atomic E-state index is 6.13. The molecule has 4 aromatic rings. The number of anilines is 2. The van der Waals surface area contributed by atoms with Crippen molar-refractivity contribution in [2.24, 2.45) is 9.98 Å². The summed E-state index contributed by atoms with van der Waals surface area (Å²) in [4.78, 5) is 14.1. The molecule has 0 fully saturated rings. The minimum absolute atomic E-state index is 0.518. The van der Waals surface area contributed by atoms with Crippen LogP contribution >= 0.6 is 23.2 Å². The summed E-state index contributed by atoms with van der Waals surface area (Å²) < 4.78 is 0. The molecule has 0 heterocycles. The van der Waals surface area contributed by atoms with E-state index in [2.05, 4.69) is 82.6 Å². The molecule has 41 heavy (non-hydrogen) atoms. The fourth-order valence-corrected chi connectivity index (χ4v) is 4.22. The molecule has 4 nitrogen and oxygen atoms in total. The first-order valence-corrected chi connectivity index (χ1v) is 14.1. The van der Waals surface area contributed by atoms with Crippen molar-refractivity contribution in [1.29, 1.82) is 0 Å². The first-order valence-electron chi connectivity index (χ1n) is 13.3. The van der Waals surface area contributed by atoms with Crippen molar-refractivity contribution in [3.05, 3.63) is 130 Å². The van der Waals surface area contributed by atoms with Gasteiger partial charge in [0.25, 0.3) is 0 Å². The lowest BCUT2D eigenvalue weighted by atomic mass is 10.1. The molecule has 0 radical (unpaired) electrons. The van der Waals surface area contributed by atoms with Crippen molar-refractivity contribution >= 4 is 69.5 Å². The van der Waals surface area contributed by atoms with Gasteiger partial charge in [-0.1, -0.05) is 59.6 Å². The number of rotatable bonds is 10. The summed E-state index contributed by atoms with van der Waals surface area (Å²) in [5, 5.41) is 1.35.